The van der Waals surface area contributed by atoms with E-state index in [0.29, 0.717) is 19.6 Å². The van der Waals surface area contributed by atoms with Crippen LogP contribution in [-0.2, 0) is 17.8 Å². The molecule has 4 rings (SSSR count). The SMILES string of the molecule is CCc1nc2cc(OCC(O)CN3CCN(CC(=O)NCc4ccccc4)CC3)ccc2s1. The van der Waals surface area contributed by atoms with Crippen LogP contribution in [-0.4, -0.2) is 77.8 Å². The molecule has 1 atom stereocenters. The van der Waals surface area contributed by atoms with Gasteiger partial charge in [-0.1, -0.05) is 37.3 Å². The number of hydrogen-bond donors (Lipinski definition) is 2. The molecule has 2 N–H and O–H groups in total. The number of amides is 1. The van der Waals surface area contributed by atoms with Crippen molar-refractivity contribution < 1.29 is 14.6 Å². The van der Waals surface area contributed by atoms with E-state index in [9.17, 15) is 9.90 Å². The van der Waals surface area contributed by atoms with Gasteiger partial charge in [0.15, 0.2) is 0 Å². The van der Waals surface area contributed by atoms with E-state index >= 15 is 0 Å². The van der Waals surface area contributed by atoms with Crippen LogP contribution in [0.2, 0.25) is 0 Å². The highest BCUT2D eigenvalue weighted by Crippen LogP contribution is 2.26. The Bertz CT molecular complexity index is 1030. The number of carbonyl (C=O) groups excluding carboxylic acids is 1. The molecule has 0 saturated carbocycles. The minimum atomic E-state index is -0.567. The summed E-state index contributed by atoms with van der Waals surface area (Å²) in [4.78, 5) is 21.2. The zero-order valence-corrected chi connectivity index (χ0v) is 19.9. The Morgan fingerprint density at radius 1 is 1.15 bits per heavy atom. The van der Waals surface area contributed by atoms with Crippen molar-refractivity contribution in [1.82, 2.24) is 20.1 Å². The van der Waals surface area contributed by atoms with E-state index in [1.165, 1.54) is 0 Å². The maximum absolute atomic E-state index is 12.2. The lowest BCUT2D eigenvalue weighted by Crippen LogP contribution is -2.51. The number of aromatic nitrogens is 1. The van der Waals surface area contributed by atoms with Crippen molar-refractivity contribution in [2.24, 2.45) is 0 Å². The molecule has 8 heteroatoms. The van der Waals surface area contributed by atoms with Crippen molar-refractivity contribution in [1.29, 1.82) is 0 Å². The largest absolute Gasteiger partial charge is 0.491 e. The number of β-amino-alcohol motifs (C(OH)–C–C–N with tert-alkyl or cyclic N) is 1. The minimum absolute atomic E-state index is 0.0453. The minimum Gasteiger partial charge on any atom is -0.491 e. The van der Waals surface area contributed by atoms with Crippen LogP contribution in [0.1, 0.15) is 17.5 Å². The van der Waals surface area contributed by atoms with E-state index in [4.69, 9.17) is 4.74 Å². The van der Waals surface area contributed by atoms with Crippen molar-refractivity contribution >= 4 is 27.5 Å². The van der Waals surface area contributed by atoms with Crippen molar-refractivity contribution in [3.63, 3.8) is 0 Å². The molecular formula is C25H32N4O3S. The van der Waals surface area contributed by atoms with Crippen molar-refractivity contribution in [2.45, 2.75) is 26.0 Å². The molecule has 1 unspecified atom stereocenters. The molecule has 33 heavy (non-hydrogen) atoms. The normalized spacial score (nSPS) is 16.1. The number of piperazine rings is 1. The summed E-state index contributed by atoms with van der Waals surface area (Å²) < 4.78 is 6.98. The summed E-state index contributed by atoms with van der Waals surface area (Å²) in [6, 6.07) is 15.8. The molecule has 176 valence electrons. The number of fused-ring (bicyclic) bond motifs is 1. The van der Waals surface area contributed by atoms with Crippen LogP contribution in [0.25, 0.3) is 10.2 Å². The first kappa shape index (κ1) is 23.6. The molecule has 1 amide bonds. The molecule has 3 aromatic rings. The van der Waals surface area contributed by atoms with Gasteiger partial charge in [-0.3, -0.25) is 14.6 Å². The highest BCUT2D eigenvalue weighted by Gasteiger charge is 2.21. The number of ether oxygens (including phenoxy) is 1. The Hall–Kier alpha value is -2.52. The fraction of sp³-hybridized carbons (Fsp3) is 0.440. The Morgan fingerprint density at radius 3 is 2.67 bits per heavy atom. The number of aliphatic hydroxyl groups excluding tert-OH is 1. The fourth-order valence-corrected chi connectivity index (χ4v) is 4.81. The van der Waals surface area contributed by atoms with Gasteiger partial charge < -0.3 is 15.2 Å². The van der Waals surface area contributed by atoms with Gasteiger partial charge in [0, 0.05) is 45.3 Å². The van der Waals surface area contributed by atoms with E-state index in [-0.39, 0.29) is 12.5 Å². The molecule has 1 fully saturated rings. The van der Waals surface area contributed by atoms with E-state index in [2.05, 4.69) is 27.0 Å². The van der Waals surface area contributed by atoms with Gasteiger partial charge >= 0.3 is 0 Å². The maximum Gasteiger partial charge on any atom is 0.234 e. The highest BCUT2D eigenvalue weighted by molar-refractivity contribution is 7.18. The topological polar surface area (TPSA) is 77.9 Å². The monoisotopic (exact) mass is 468 g/mol. The molecule has 0 aliphatic carbocycles. The number of nitrogens with zero attached hydrogens (tertiary/aromatic N) is 3. The molecule has 1 aromatic heterocycles. The molecule has 7 nitrogen and oxygen atoms in total. The average molecular weight is 469 g/mol. The first-order valence-corrected chi connectivity index (χ1v) is 12.4. The van der Waals surface area contributed by atoms with Gasteiger partial charge in [0.1, 0.15) is 18.5 Å². The van der Waals surface area contributed by atoms with E-state index in [1.807, 2.05) is 48.5 Å². The Labute approximate surface area is 199 Å². The van der Waals surface area contributed by atoms with Crippen LogP contribution in [0.15, 0.2) is 48.5 Å². The van der Waals surface area contributed by atoms with Gasteiger partial charge in [-0.05, 0) is 24.1 Å². The number of nitrogens with one attached hydrogen (secondary N) is 1. The van der Waals surface area contributed by atoms with Gasteiger partial charge in [-0.2, -0.15) is 0 Å². The van der Waals surface area contributed by atoms with Crippen molar-refractivity contribution in [3.8, 4) is 5.75 Å². The highest BCUT2D eigenvalue weighted by atomic mass is 32.1. The van der Waals surface area contributed by atoms with Gasteiger partial charge in [-0.15, -0.1) is 11.3 Å². The molecule has 1 aliphatic heterocycles. The first-order chi connectivity index (χ1) is 16.1. The van der Waals surface area contributed by atoms with Gasteiger partial charge in [0.2, 0.25) is 5.91 Å². The maximum atomic E-state index is 12.2. The van der Waals surface area contributed by atoms with Crippen molar-refractivity contribution in [3.05, 3.63) is 59.1 Å². The summed E-state index contributed by atoms with van der Waals surface area (Å²) in [6.45, 7) is 7.16. The molecule has 1 aliphatic rings. The molecule has 2 aromatic carbocycles. The second kappa shape index (κ2) is 11.6. The molecule has 1 saturated heterocycles. The Kier molecular flexibility index (Phi) is 8.28. The predicted molar refractivity (Wildman–Crippen MR) is 132 cm³/mol. The smallest absolute Gasteiger partial charge is 0.234 e. The molecule has 0 bridgehead atoms. The third-order valence-electron chi connectivity index (χ3n) is 5.78. The number of thiazole rings is 1. The number of aliphatic hydroxyl groups is 1. The average Bonchev–Trinajstić information content (AvgIpc) is 3.26. The van der Waals surface area contributed by atoms with Crippen LogP contribution in [0.5, 0.6) is 5.75 Å². The number of carbonyl (C=O) groups is 1. The number of benzene rings is 2. The van der Waals surface area contributed by atoms with Crippen LogP contribution in [0.4, 0.5) is 0 Å². The van der Waals surface area contributed by atoms with Gasteiger partial charge in [-0.25, -0.2) is 4.98 Å². The zero-order chi connectivity index (χ0) is 23.0. The molecular weight excluding hydrogens is 436 g/mol. The molecule has 0 spiro atoms. The second-order valence-electron chi connectivity index (χ2n) is 8.39. The third kappa shape index (κ3) is 6.98. The lowest BCUT2D eigenvalue weighted by atomic mass is 10.2. The van der Waals surface area contributed by atoms with Crippen LogP contribution >= 0.6 is 11.3 Å². The van der Waals surface area contributed by atoms with E-state index in [0.717, 1.165) is 59.1 Å². The third-order valence-corrected chi connectivity index (χ3v) is 6.96. The summed E-state index contributed by atoms with van der Waals surface area (Å²) in [5.74, 6) is 0.782. The van der Waals surface area contributed by atoms with Crippen LogP contribution in [0.3, 0.4) is 0 Å². The lowest BCUT2D eigenvalue weighted by molar-refractivity contribution is -0.122. The first-order valence-electron chi connectivity index (χ1n) is 11.5. The summed E-state index contributed by atoms with van der Waals surface area (Å²) in [5.41, 5.74) is 2.05. The Morgan fingerprint density at radius 2 is 1.91 bits per heavy atom. The van der Waals surface area contributed by atoms with Gasteiger partial charge in [0.05, 0.1) is 21.8 Å². The molecule has 2 heterocycles. The van der Waals surface area contributed by atoms with E-state index in [1.54, 1.807) is 11.3 Å². The number of rotatable bonds is 10. The second-order valence-corrected chi connectivity index (χ2v) is 9.51. The predicted octanol–water partition coefficient (Wildman–Crippen LogP) is 2.53. The molecule has 0 radical (unpaired) electrons. The zero-order valence-electron chi connectivity index (χ0n) is 19.1. The number of hydrogen-bond acceptors (Lipinski definition) is 7. The summed E-state index contributed by atoms with van der Waals surface area (Å²) in [6.07, 6.45) is 0.364. The van der Waals surface area contributed by atoms with Crippen LogP contribution in [0, 0.1) is 0 Å². The van der Waals surface area contributed by atoms with Crippen LogP contribution < -0.4 is 10.1 Å². The van der Waals surface area contributed by atoms with E-state index < -0.39 is 6.10 Å². The number of aryl methyl sites for hydroxylation is 1. The fourth-order valence-electron chi connectivity index (χ4n) is 3.92. The summed E-state index contributed by atoms with van der Waals surface area (Å²) in [7, 11) is 0. The Balaban J connectivity index is 1.14. The van der Waals surface area contributed by atoms with Crippen molar-refractivity contribution in [2.75, 3.05) is 45.9 Å². The standard InChI is InChI=1S/C25H32N4O3S/c1-2-25-27-22-14-21(8-9-23(22)33-25)32-18-20(30)16-28-10-12-29(13-11-28)17-24(31)26-15-19-6-4-3-5-7-19/h3-9,14,20,30H,2,10-13,15-18H2,1H3,(H,26,31). The summed E-state index contributed by atoms with van der Waals surface area (Å²) in [5, 5.41) is 14.6. The van der Waals surface area contributed by atoms with Gasteiger partial charge in [0.25, 0.3) is 0 Å². The lowest BCUT2D eigenvalue weighted by Gasteiger charge is -2.35. The summed E-state index contributed by atoms with van der Waals surface area (Å²) >= 11 is 1.71. The quantitative estimate of drug-likeness (QED) is 0.476.